The highest BCUT2D eigenvalue weighted by atomic mass is 35.5. The largest absolute Gasteiger partial charge is 0.347 e. The van der Waals surface area contributed by atoms with Crippen LogP contribution >= 0.6 is 24.8 Å². The van der Waals surface area contributed by atoms with E-state index < -0.39 is 6.04 Å². The van der Waals surface area contributed by atoms with Crippen LogP contribution in [-0.4, -0.2) is 29.0 Å². The quantitative estimate of drug-likeness (QED) is 0.664. The van der Waals surface area contributed by atoms with Crippen LogP contribution in [0.15, 0.2) is 30.5 Å². The molecule has 0 saturated carbocycles. The predicted octanol–water partition coefficient (Wildman–Crippen LogP) is 2.93. The van der Waals surface area contributed by atoms with Gasteiger partial charge in [0.25, 0.3) is 0 Å². The van der Waals surface area contributed by atoms with Gasteiger partial charge in [-0.05, 0) is 36.6 Å². The summed E-state index contributed by atoms with van der Waals surface area (Å²) in [5.74, 6) is -0.554. The zero-order valence-electron chi connectivity index (χ0n) is 15.3. The fraction of sp³-hybridized carbons (Fsp3) is 0.444. The zero-order chi connectivity index (χ0) is 17.7. The van der Waals surface area contributed by atoms with Crippen LogP contribution in [0.5, 0.6) is 0 Å². The summed E-state index contributed by atoms with van der Waals surface area (Å²) < 4.78 is 2.19. The third kappa shape index (κ3) is 6.20. The molecule has 2 rings (SSSR count). The summed E-state index contributed by atoms with van der Waals surface area (Å²) in [5.41, 5.74) is 7.60. The van der Waals surface area contributed by atoms with Crippen LogP contribution in [0.3, 0.4) is 0 Å². The van der Waals surface area contributed by atoms with E-state index in [1.165, 1.54) is 0 Å². The number of rotatable bonds is 7. The predicted molar refractivity (Wildman–Crippen MR) is 111 cm³/mol. The van der Waals surface area contributed by atoms with E-state index in [0.717, 1.165) is 23.9 Å². The maximum Gasteiger partial charge on any atom is 0.243 e. The lowest BCUT2D eigenvalue weighted by atomic mass is 10.1. The first-order valence-corrected chi connectivity index (χ1v) is 8.34. The first-order chi connectivity index (χ1) is 11.4. The van der Waals surface area contributed by atoms with Crippen LogP contribution in [0, 0.1) is 5.92 Å². The second kappa shape index (κ2) is 11.1. The second-order valence-electron chi connectivity index (χ2n) is 6.32. The van der Waals surface area contributed by atoms with E-state index in [1.807, 2.05) is 44.3 Å². The molecule has 8 heteroatoms. The fourth-order valence-corrected chi connectivity index (χ4v) is 2.51. The van der Waals surface area contributed by atoms with E-state index in [9.17, 15) is 9.59 Å². The first-order valence-electron chi connectivity index (χ1n) is 8.34. The molecule has 1 aromatic carbocycles. The molecule has 0 spiro atoms. The number of benzene rings is 1. The van der Waals surface area contributed by atoms with Crippen molar-refractivity contribution in [3.63, 3.8) is 0 Å². The van der Waals surface area contributed by atoms with E-state index in [-0.39, 0.29) is 49.1 Å². The van der Waals surface area contributed by atoms with Crippen molar-refractivity contribution < 1.29 is 9.59 Å². The molecule has 146 valence electrons. The van der Waals surface area contributed by atoms with E-state index >= 15 is 0 Å². The summed E-state index contributed by atoms with van der Waals surface area (Å²) in [5, 5.41) is 6.43. The summed E-state index contributed by atoms with van der Waals surface area (Å²) >= 11 is 0. The van der Waals surface area contributed by atoms with Gasteiger partial charge in [-0.2, -0.15) is 0 Å². The Morgan fingerprint density at radius 1 is 1.19 bits per heavy atom. The lowest BCUT2D eigenvalue weighted by Crippen LogP contribution is -2.46. The average Bonchev–Trinajstić information content (AvgIpc) is 2.94. The van der Waals surface area contributed by atoms with Gasteiger partial charge in [0, 0.05) is 29.3 Å². The van der Waals surface area contributed by atoms with Gasteiger partial charge in [0.15, 0.2) is 0 Å². The van der Waals surface area contributed by atoms with E-state index in [1.54, 1.807) is 0 Å². The molecule has 4 N–H and O–H groups in total. The zero-order valence-corrected chi connectivity index (χ0v) is 17.0. The minimum atomic E-state index is -0.604. The molecule has 0 unspecified atom stereocenters. The van der Waals surface area contributed by atoms with E-state index in [2.05, 4.69) is 22.1 Å². The molecule has 0 saturated heterocycles. The highest BCUT2D eigenvalue weighted by molar-refractivity contribution is 5.97. The number of anilines is 1. The minimum absolute atomic E-state index is 0. The number of hydrogen-bond acceptors (Lipinski definition) is 3. The summed E-state index contributed by atoms with van der Waals surface area (Å²) in [6.07, 6.45) is 3.12. The standard InChI is InChI=1S/C18H26N4O2.2ClH/c1-4-8-22-9-7-13-10-14(5-6-15(13)22)21-16(23)11-20-18(24)17(19)12(2)3;;/h5-7,9-10,12,17H,4,8,11,19H2,1-3H3,(H,20,24)(H,21,23);2*1H/t17-;;/m0../s1. The van der Waals surface area contributed by atoms with Crippen LogP contribution in [0.25, 0.3) is 10.9 Å². The number of fused-ring (bicyclic) bond motifs is 1. The maximum atomic E-state index is 12.0. The number of aromatic nitrogens is 1. The van der Waals surface area contributed by atoms with Crippen LogP contribution < -0.4 is 16.4 Å². The Kier molecular flexibility index (Phi) is 10.3. The Hall–Kier alpha value is -1.76. The molecule has 0 radical (unpaired) electrons. The molecule has 1 aromatic heterocycles. The summed E-state index contributed by atoms with van der Waals surface area (Å²) in [6.45, 7) is 6.75. The minimum Gasteiger partial charge on any atom is -0.347 e. The maximum absolute atomic E-state index is 12.0. The highest BCUT2D eigenvalue weighted by Crippen LogP contribution is 2.20. The lowest BCUT2D eigenvalue weighted by Gasteiger charge is -2.15. The number of carbonyl (C=O) groups is 2. The number of nitrogens with one attached hydrogen (secondary N) is 2. The normalized spacial score (nSPS) is 11.4. The Morgan fingerprint density at radius 2 is 1.88 bits per heavy atom. The Morgan fingerprint density at radius 3 is 2.50 bits per heavy atom. The van der Waals surface area contributed by atoms with E-state index in [4.69, 9.17) is 5.73 Å². The van der Waals surface area contributed by atoms with Gasteiger partial charge >= 0.3 is 0 Å². The molecule has 2 aromatic rings. The van der Waals surface area contributed by atoms with Crippen molar-refractivity contribution in [1.82, 2.24) is 9.88 Å². The summed E-state index contributed by atoms with van der Waals surface area (Å²) in [6, 6.07) is 7.22. The number of nitrogens with zero attached hydrogens (tertiary/aromatic N) is 1. The van der Waals surface area contributed by atoms with Crippen LogP contribution in [0.2, 0.25) is 0 Å². The van der Waals surface area contributed by atoms with Crippen molar-refractivity contribution in [2.45, 2.75) is 39.8 Å². The highest BCUT2D eigenvalue weighted by Gasteiger charge is 2.17. The van der Waals surface area contributed by atoms with Gasteiger partial charge < -0.3 is 20.9 Å². The monoisotopic (exact) mass is 402 g/mol. The number of nitrogens with two attached hydrogens (primary N) is 1. The molecular formula is C18H28Cl2N4O2. The van der Waals surface area contributed by atoms with Gasteiger partial charge in [0.05, 0.1) is 12.6 Å². The molecule has 6 nitrogen and oxygen atoms in total. The van der Waals surface area contributed by atoms with Gasteiger partial charge in [-0.1, -0.05) is 20.8 Å². The lowest BCUT2D eigenvalue weighted by molar-refractivity contribution is -0.125. The molecular weight excluding hydrogens is 375 g/mol. The average molecular weight is 403 g/mol. The van der Waals surface area contributed by atoms with Gasteiger partial charge in [0.1, 0.15) is 0 Å². The van der Waals surface area contributed by atoms with Crippen LogP contribution in [0.1, 0.15) is 27.2 Å². The summed E-state index contributed by atoms with van der Waals surface area (Å²) in [4.78, 5) is 23.7. The number of carbonyl (C=O) groups excluding carboxylic acids is 2. The Bertz CT molecular complexity index is 731. The number of hydrogen-bond donors (Lipinski definition) is 3. The molecule has 0 fully saturated rings. The van der Waals surface area contributed by atoms with Crippen molar-refractivity contribution >= 4 is 53.2 Å². The smallest absolute Gasteiger partial charge is 0.243 e. The molecule has 0 aliphatic carbocycles. The van der Waals surface area contributed by atoms with Crippen molar-refractivity contribution in [2.24, 2.45) is 11.7 Å². The van der Waals surface area contributed by atoms with Gasteiger partial charge in [-0.3, -0.25) is 9.59 Å². The molecule has 2 amide bonds. The summed E-state index contributed by atoms with van der Waals surface area (Å²) in [7, 11) is 0. The van der Waals surface area contributed by atoms with Gasteiger partial charge in [-0.15, -0.1) is 24.8 Å². The van der Waals surface area contributed by atoms with Crippen molar-refractivity contribution in [3.8, 4) is 0 Å². The Balaban J connectivity index is 0.00000312. The molecule has 1 atom stereocenters. The fourth-order valence-electron chi connectivity index (χ4n) is 2.51. The van der Waals surface area contributed by atoms with Crippen LogP contribution in [-0.2, 0) is 16.1 Å². The molecule has 0 bridgehead atoms. The Labute approximate surface area is 166 Å². The number of halogens is 2. The van der Waals surface area contributed by atoms with Crippen LogP contribution in [0.4, 0.5) is 5.69 Å². The van der Waals surface area contributed by atoms with Crippen molar-refractivity contribution in [3.05, 3.63) is 30.5 Å². The van der Waals surface area contributed by atoms with Gasteiger partial charge in [-0.25, -0.2) is 0 Å². The topological polar surface area (TPSA) is 89.2 Å². The molecule has 1 heterocycles. The SMILES string of the molecule is CCCn1ccc2cc(NC(=O)CNC(=O)[C@@H](N)C(C)C)ccc21.Cl.Cl. The molecule has 0 aliphatic rings. The number of aryl methyl sites for hydroxylation is 1. The van der Waals surface area contributed by atoms with Crippen molar-refractivity contribution in [1.29, 1.82) is 0 Å². The number of amides is 2. The third-order valence-corrected chi connectivity index (χ3v) is 3.96. The third-order valence-electron chi connectivity index (χ3n) is 3.96. The molecule has 0 aliphatic heterocycles. The van der Waals surface area contributed by atoms with E-state index in [0.29, 0.717) is 5.69 Å². The molecule has 26 heavy (non-hydrogen) atoms. The van der Waals surface area contributed by atoms with Crippen molar-refractivity contribution in [2.75, 3.05) is 11.9 Å². The second-order valence-corrected chi connectivity index (χ2v) is 6.32. The first kappa shape index (κ1) is 24.2. The van der Waals surface area contributed by atoms with Gasteiger partial charge in [0.2, 0.25) is 11.8 Å².